The summed E-state index contributed by atoms with van der Waals surface area (Å²) in [6.07, 6.45) is 3.42. The number of carbonyl (C=O) groups excluding carboxylic acids is 2. The first-order valence-corrected chi connectivity index (χ1v) is 49.4. The zero-order valence-corrected chi connectivity index (χ0v) is 76.5. The number of aryl methyl sites for hydroxylation is 1. The molecule has 1 aromatic heterocycles. The van der Waals surface area contributed by atoms with Gasteiger partial charge in [0, 0.05) is 58.1 Å². The smallest absolute Gasteiger partial charge is 0.404 e. The van der Waals surface area contributed by atoms with Gasteiger partial charge >= 0.3 is 6.09 Å². The van der Waals surface area contributed by atoms with Gasteiger partial charge in [0.15, 0.2) is 0 Å². The van der Waals surface area contributed by atoms with Crippen LogP contribution in [0, 0.1) is 18.8 Å². The van der Waals surface area contributed by atoms with Crippen LogP contribution in [0.25, 0.3) is 22.0 Å². The van der Waals surface area contributed by atoms with Gasteiger partial charge in [-0.25, -0.2) is 13.2 Å². The normalized spacial score (nSPS) is 13.7. The van der Waals surface area contributed by atoms with Crippen LogP contribution in [0.15, 0.2) is 434 Å². The number of rotatable bonds is 23. The van der Waals surface area contributed by atoms with Gasteiger partial charge in [0.2, 0.25) is 21.8 Å². The molecular formula is C108H102N6O7P4PdS. The summed E-state index contributed by atoms with van der Waals surface area (Å²) < 4.78 is 28.0. The molecule has 2 fully saturated rings. The predicted molar refractivity (Wildman–Crippen MR) is 530 cm³/mol. The minimum Gasteiger partial charge on any atom is -0.465 e. The number of aromatic nitrogens is 2. The van der Waals surface area contributed by atoms with Crippen molar-refractivity contribution in [2.45, 2.75) is 62.8 Å². The number of hydrogen-bond acceptors (Lipinski definition) is 6. The molecule has 2 heterocycles. The van der Waals surface area contributed by atoms with Crippen molar-refractivity contribution >= 4 is 140 Å². The molecule has 16 aromatic rings. The molecule has 2 aliphatic rings. The van der Waals surface area contributed by atoms with Crippen molar-refractivity contribution < 1.29 is 48.3 Å². The second-order valence-electron chi connectivity index (χ2n) is 30.7. The molecule has 1 saturated carbocycles. The molecule has 13 nitrogen and oxygen atoms in total. The average Bonchev–Trinajstić information content (AvgIpc) is 1.73. The number of nitrogens with zero attached hydrogens (tertiary/aromatic N) is 1. The van der Waals surface area contributed by atoms with E-state index in [0.717, 1.165) is 35.1 Å². The summed E-state index contributed by atoms with van der Waals surface area (Å²) in [4.78, 5) is 50.3. The fraction of sp³-hybridized carbons (Fsp3) is 0.130. The molecule has 0 radical (unpaired) electrons. The molecule has 1 atom stereocenters. The Labute approximate surface area is 764 Å². The van der Waals surface area contributed by atoms with E-state index in [-0.39, 0.29) is 55.0 Å². The Kier molecular flexibility index (Phi) is 34.7. The fourth-order valence-electron chi connectivity index (χ4n) is 15.6. The number of fused-ring (bicyclic) bond motifs is 1. The number of carboxylic acid groups (broad SMARTS) is 1. The Morgan fingerprint density at radius 3 is 1.05 bits per heavy atom. The van der Waals surface area contributed by atoms with Gasteiger partial charge in [0.1, 0.15) is 6.04 Å². The summed E-state index contributed by atoms with van der Waals surface area (Å²) in [7, 11) is -5.37. The van der Waals surface area contributed by atoms with Gasteiger partial charge in [-0.05, 0) is 199 Å². The van der Waals surface area contributed by atoms with E-state index in [2.05, 4.69) is 390 Å². The van der Waals surface area contributed by atoms with Crippen LogP contribution in [0.3, 0.4) is 0 Å². The largest absolute Gasteiger partial charge is 0.465 e. The quantitative estimate of drug-likeness (QED) is 0.0271. The van der Waals surface area contributed by atoms with Crippen LogP contribution in [-0.2, 0) is 46.5 Å². The molecule has 1 saturated heterocycles. The Morgan fingerprint density at radius 2 is 0.732 bits per heavy atom. The minimum absolute atomic E-state index is 0. The number of aromatic amines is 2. The molecule has 0 unspecified atom stereocenters. The zero-order valence-electron chi connectivity index (χ0n) is 70.6. The number of hydrogen-bond donors (Lipinski definition) is 6. The maximum Gasteiger partial charge on any atom is 0.404 e. The third-order valence-electron chi connectivity index (χ3n) is 22.0. The number of anilines is 1. The van der Waals surface area contributed by atoms with Gasteiger partial charge in [-0.1, -0.05) is 394 Å². The SMILES string of the molecule is Cc1ccc(S(=O)(=O)N2CCCC2)cc1-c1ccc(C[C@H](NC(=O)C2CCC(CNC(=O)O)CC2)C(=O)Nc2ccc3c(=O)[nH][nH]c3c2)cc1.[Pd].c1ccc(P(c2ccccc2)c2ccccc2)cc1.c1ccc(P(c2ccccc2)c2ccccc2)cc1.c1ccc(P(c2ccccc2)c2ccccc2)cc1.c1ccc(P(c2ccccc2)c2ccccc2)cc1. The minimum atomic E-state index is -3.58. The van der Waals surface area contributed by atoms with Crippen LogP contribution < -0.4 is 85.2 Å². The predicted octanol–water partition coefficient (Wildman–Crippen LogP) is 18.1. The molecule has 19 heteroatoms. The molecule has 6 N–H and O–H groups in total. The van der Waals surface area contributed by atoms with Crippen molar-refractivity contribution in [3.63, 3.8) is 0 Å². The third-order valence-corrected chi connectivity index (χ3v) is 33.7. The first kappa shape index (κ1) is 92.7. The van der Waals surface area contributed by atoms with E-state index in [1.165, 1.54) is 68.0 Å². The Morgan fingerprint density at radius 1 is 0.409 bits per heavy atom. The van der Waals surface area contributed by atoms with E-state index in [9.17, 15) is 27.6 Å². The summed E-state index contributed by atoms with van der Waals surface area (Å²) >= 11 is 0. The Hall–Kier alpha value is -11.9. The molecule has 15 aromatic carbocycles. The molecule has 18 rings (SSSR count). The number of nitrogens with one attached hydrogen (secondary N) is 5. The third kappa shape index (κ3) is 25.9. The van der Waals surface area contributed by atoms with Crippen LogP contribution in [-0.4, -0.2) is 71.6 Å². The van der Waals surface area contributed by atoms with Gasteiger partial charge in [-0.2, -0.15) is 4.31 Å². The van der Waals surface area contributed by atoms with E-state index < -0.39 is 59.8 Å². The summed E-state index contributed by atoms with van der Waals surface area (Å²) in [5.74, 6) is -0.799. The number of sulfonamides is 1. The topological polar surface area (TPSA) is 194 Å². The van der Waals surface area contributed by atoms with Crippen molar-refractivity contribution in [2.75, 3.05) is 25.0 Å². The summed E-state index contributed by atoms with van der Waals surface area (Å²) in [5.41, 5.74) is 4.07. The van der Waals surface area contributed by atoms with E-state index in [4.69, 9.17) is 5.11 Å². The van der Waals surface area contributed by atoms with Crippen LogP contribution >= 0.6 is 31.7 Å². The van der Waals surface area contributed by atoms with Crippen molar-refractivity contribution in [1.29, 1.82) is 0 Å². The van der Waals surface area contributed by atoms with Gasteiger partial charge in [-0.15, -0.1) is 0 Å². The first-order chi connectivity index (χ1) is 61.8. The molecule has 642 valence electrons. The van der Waals surface area contributed by atoms with Crippen LogP contribution in [0.4, 0.5) is 10.5 Å². The van der Waals surface area contributed by atoms with Crippen LogP contribution in [0.1, 0.15) is 49.7 Å². The van der Waals surface area contributed by atoms with Crippen molar-refractivity contribution in [2.24, 2.45) is 11.8 Å². The Bertz CT molecular complexity index is 5380. The standard InChI is InChI=1S/C36H42N6O7S.4C18H15P.Pd/c1-22-4-14-28(50(48,49)42-16-2-3-17-42)20-30(22)25-9-5-23(6-10-25)18-32(35(45)38-27-13-15-29-31(19-27)40-41-34(29)44)39-33(43)26-11-7-24(8-12-26)21-37-36(46)47;4*1-4-10-16(11-5-1)19(17-12-6-2-7-13-17)18-14-8-3-9-15-18;/h4-6,9-10,13-15,19-20,24,26,32,37H,2-3,7-8,11-12,16-18,21H2,1H3,(H,38,45)(H,39,43)(H,46,47)(H2,40,41,44);4*1-15H;/t24?,26?,32-;;;;;/m0...../s1. The maximum absolute atomic E-state index is 13.7. The number of amides is 3. The first-order valence-electron chi connectivity index (χ1n) is 42.6. The van der Waals surface area contributed by atoms with E-state index in [0.29, 0.717) is 61.9 Å². The van der Waals surface area contributed by atoms with E-state index in [1.807, 2.05) is 37.3 Å². The van der Waals surface area contributed by atoms with Crippen molar-refractivity contribution in [1.82, 2.24) is 25.1 Å². The van der Waals surface area contributed by atoms with E-state index in [1.54, 1.807) is 30.3 Å². The molecule has 127 heavy (non-hydrogen) atoms. The number of benzene rings is 15. The maximum atomic E-state index is 13.7. The van der Waals surface area contributed by atoms with Crippen LogP contribution in [0.2, 0.25) is 0 Å². The zero-order chi connectivity index (χ0) is 87.1. The monoisotopic (exact) mass is 1860 g/mol. The average molecular weight is 1860 g/mol. The van der Waals surface area contributed by atoms with Gasteiger partial charge < -0.3 is 21.1 Å². The Balaban J connectivity index is 0.000000148. The second-order valence-corrected chi connectivity index (χ2v) is 41.5. The van der Waals surface area contributed by atoms with Gasteiger partial charge in [0.25, 0.3) is 5.56 Å². The number of H-pyrrole nitrogens is 2. The summed E-state index contributed by atoms with van der Waals surface area (Å²) in [6, 6.07) is 146. The molecule has 3 amide bonds. The fourth-order valence-corrected chi connectivity index (χ4v) is 26.4. The van der Waals surface area contributed by atoms with Crippen molar-refractivity contribution in [3.05, 3.63) is 446 Å². The summed E-state index contributed by atoms with van der Waals surface area (Å²) in [5, 5.41) is 39.7. The van der Waals surface area contributed by atoms with Crippen LogP contribution in [0.5, 0.6) is 0 Å². The molecular weight excluding hydrogens is 1760 g/mol. The molecule has 1 aliphatic carbocycles. The summed E-state index contributed by atoms with van der Waals surface area (Å²) in [6.45, 7) is 3.33. The van der Waals surface area contributed by atoms with Crippen molar-refractivity contribution in [3.8, 4) is 11.1 Å². The van der Waals surface area contributed by atoms with Gasteiger partial charge in [-0.3, -0.25) is 24.6 Å². The molecule has 0 spiro atoms. The second kappa shape index (κ2) is 47.6. The molecule has 0 bridgehead atoms. The molecule has 1 aliphatic heterocycles. The van der Waals surface area contributed by atoms with E-state index >= 15 is 0 Å². The number of carbonyl (C=O) groups is 3. The van der Waals surface area contributed by atoms with Gasteiger partial charge in [0.05, 0.1) is 15.8 Å².